The number of nitrogens with one attached hydrogen (secondary N) is 1. The Kier molecular flexibility index (Phi) is 7.81. The van der Waals surface area contributed by atoms with E-state index in [-0.39, 0.29) is 17.3 Å². The number of nitrogens with zero attached hydrogens (tertiary/aromatic N) is 7. The third kappa shape index (κ3) is 5.76. The maximum atomic E-state index is 12.9. The number of amides is 1. The molecular weight excluding hydrogens is 438 g/mol. The van der Waals surface area contributed by atoms with E-state index in [2.05, 4.69) is 43.0 Å². The van der Waals surface area contributed by atoms with Crippen LogP contribution in [0.25, 0.3) is 5.82 Å². The molecule has 1 aromatic carbocycles. The number of carbonyl (C=O) groups is 1. The third-order valence-electron chi connectivity index (χ3n) is 5.52. The molecule has 0 aliphatic carbocycles. The Bertz CT molecular complexity index is 1100. The fourth-order valence-corrected chi connectivity index (χ4v) is 3.66. The molecule has 2 aromatic heterocycles. The Hall–Kier alpha value is -3.80. The number of hydrogen-bond acceptors (Lipinski definition) is 10. The van der Waals surface area contributed by atoms with Crippen LogP contribution in [0.5, 0.6) is 5.75 Å². The molecule has 3 N–H and O–H groups in total. The number of anilines is 1. The minimum absolute atomic E-state index is 0.0666. The van der Waals surface area contributed by atoms with E-state index < -0.39 is 5.91 Å². The molecule has 1 aliphatic rings. The topological polar surface area (TPSA) is 150 Å². The molecule has 0 atom stereocenters. The Morgan fingerprint density at radius 2 is 2.03 bits per heavy atom. The molecule has 1 fully saturated rings. The van der Waals surface area contributed by atoms with Gasteiger partial charge in [-0.05, 0) is 72.5 Å². The van der Waals surface area contributed by atoms with Gasteiger partial charge in [-0.1, -0.05) is 25.0 Å². The monoisotopic (exact) mass is 467 g/mol. The summed E-state index contributed by atoms with van der Waals surface area (Å²) >= 11 is 0. The van der Waals surface area contributed by atoms with E-state index in [1.165, 1.54) is 11.1 Å². The van der Waals surface area contributed by atoms with Gasteiger partial charge in [0.2, 0.25) is 11.6 Å². The summed E-state index contributed by atoms with van der Waals surface area (Å²) in [5, 5.41) is 19.6. The Balaban J connectivity index is 1.45. The van der Waals surface area contributed by atoms with Crippen molar-refractivity contribution in [2.24, 2.45) is 5.10 Å². The molecule has 1 saturated heterocycles. The molecule has 34 heavy (non-hydrogen) atoms. The number of ether oxygens (including phenoxy) is 1. The molecular formula is C22H29N9O3. The lowest BCUT2D eigenvalue weighted by molar-refractivity contribution is 0.0947. The normalized spacial score (nSPS) is 14.5. The van der Waals surface area contributed by atoms with Crippen LogP contribution in [0, 0.1) is 0 Å². The molecule has 3 heterocycles. The molecule has 0 bridgehead atoms. The Labute approximate surface area is 197 Å². The number of nitrogen functional groups attached to an aromatic ring is 1. The lowest BCUT2D eigenvalue weighted by Crippen LogP contribution is -2.31. The first-order chi connectivity index (χ1) is 16.7. The number of piperidine rings is 1. The minimum Gasteiger partial charge on any atom is -0.494 e. The lowest BCUT2D eigenvalue weighted by atomic mass is 10.1. The number of likely N-dealkylation sites (tertiary alicyclic amines) is 1. The fraction of sp³-hybridized carbons (Fsp3) is 0.455. The highest BCUT2D eigenvalue weighted by molar-refractivity contribution is 5.94. The van der Waals surface area contributed by atoms with Crippen LogP contribution in [0.3, 0.4) is 0 Å². The summed E-state index contributed by atoms with van der Waals surface area (Å²) in [5.41, 5.74) is 9.89. The summed E-state index contributed by atoms with van der Waals surface area (Å²) in [6.45, 7) is 5.13. The number of hydrazone groups is 1. The van der Waals surface area contributed by atoms with E-state index in [0.29, 0.717) is 18.8 Å². The van der Waals surface area contributed by atoms with Gasteiger partial charge in [0.15, 0.2) is 5.69 Å². The lowest BCUT2D eigenvalue weighted by Gasteiger charge is -2.26. The number of rotatable bonds is 10. The molecule has 12 heteroatoms. The Morgan fingerprint density at radius 1 is 1.24 bits per heavy atom. The summed E-state index contributed by atoms with van der Waals surface area (Å²) in [5.74, 6) is 0.583. The molecule has 0 unspecified atom stereocenters. The second-order valence-electron chi connectivity index (χ2n) is 8.08. The zero-order valence-corrected chi connectivity index (χ0v) is 19.2. The highest BCUT2D eigenvalue weighted by Crippen LogP contribution is 2.19. The minimum atomic E-state index is -0.482. The largest absolute Gasteiger partial charge is 0.494 e. The standard InChI is InChI=1S/C22H29N9O3/c1-2-3-13-33-17-9-7-16(8-10-17)14-24-26-22(32)19-18(15-30-11-5-4-6-12-30)31(29-25-19)21-20(23)27-34-28-21/h7-10,14H,2-6,11-13,15H2,1H3,(H2,23,27)(H,26,32). The second-order valence-corrected chi connectivity index (χ2v) is 8.08. The summed E-state index contributed by atoms with van der Waals surface area (Å²) in [6.07, 6.45) is 7.05. The molecule has 180 valence electrons. The maximum absolute atomic E-state index is 12.9. The number of benzene rings is 1. The van der Waals surface area contributed by atoms with Crippen molar-refractivity contribution in [1.82, 2.24) is 35.6 Å². The number of unbranched alkanes of at least 4 members (excludes halogenated alkanes) is 1. The van der Waals surface area contributed by atoms with Gasteiger partial charge in [0.25, 0.3) is 5.91 Å². The summed E-state index contributed by atoms with van der Waals surface area (Å²) in [4.78, 5) is 15.1. The van der Waals surface area contributed by atoms with Gasteiger partial charge in [-0.25, -0.2) is 10.1 Å². The predicted octanol–water partition coefficient (Wildman–Crippen LogP) is 2.16. The molecule has 12 nitrogen and oxygen atoms in total. The molecule has 0 radical (unpaired) electrons. The van der Waals surface area contributed by atoms with Gasteiger partial charge in [-0.2, -0.15) is 9.78 Å². The van der Waals surface area contributed by atoms with Crippen LogP contribution in [0.4, 0.5) is 5.82 Å². The van der Waals surface area contributed by atoms with Gasteiger partial charge >= 0.3 is 0 Å². The molecule has 3 aromatic rings. The number of aromatic nitrogens is 5. The summed E-state index contributed by atoms with van der Waals surface area (Å²) in [6, 6.07) is 7.49. The molecule has 0 spiro atoms. The Morgan fingerprint density at radius 3 is 2.74 bits per heavy atom. The first kappa shape index (κ1) is 23.4. The summed E-state index contributed by atoms with van der Waals surface area (Å²) in [7, 11) is 0. The van der Waals surface area contributed by atoms with E-state index in [9.17, 15) is 4.79 Å². The van der Waals surface area contributed by atoms with Crippen molar-refractivity contribution >= 4 is 17.9 Å². The SMILES string of the molecule is CCCCOc1ccc(C=NNC(=O)c2nnn(-c3nonc3N)c2CN2CCCCC2)cc1. The van der Waals surface area contributed by atoms with Crippen molar-refractivity contribution in [3.8, 4) is 11.6 Å². The van der Waals surface area contributed by atoms with Crippen LogP contribution in [0.15, 0.2) is 34.0 Å². The average Bonchev–Trinajstić information content (AvgIpc) is 3.46. The molecule has 0 saturated carbocycles. The van der Waals surface area contributed by atoms with Gasteiger partial charge in [0, 0.05) is 6.54 Å². The van der Waals surface area contributed by atoms with Crippen molar-refractivity contribution < 1.29 is 14.2 Å². The van der Waals surface area contributed by atoms with E-state index in [1.807, 2.05) is 24.3 Å². The van der Waals surface area contributed by atoms with Crippen molar-refractivity contribution in [3.05, 3.63) is 41.2 Å². The number of carbonyl (C=O) groups excluding carboxylic acids is 1. The van der Waals surface area contributed by atoms with Crippen LogP contribution < -0.4 is 15.9 Å². The quantitative estimate of drug-likeness (QED) is 0.260. The molecule has 4 rings (SSSR count). The molecule has 1 aliphatic heterocycles. The predicted molar refractivity (Wildman–Crippen MR) is 125 cm³/mol. The van der Waals surface area contributed by atoms with E-state index in [1.54, 1.807) is 6.21 Å². The van der Waals surface area contributed by atoms with Crippen molar-refractivity contribution in [3.63, 3.8) is 0 Å². The van der Waals surface area contributed by atoms with Crippen molar-refractivity contribution in [2.75, 3.05) is 25.4 Å². The highest BCUT2D eigenvalue weighted by atomic mass is 16.6. The highest BCUT2D eigenvalue weighted by Gasteiger charge is 2.26. The van der Waals surface area contributed by atoms with Gasteiger partial charge in [0.1, 0.15) is 5.75 Å². The second kappa shape index (κ2) is 11.4. The first-order valence-corrected chi connectivity index (χ1v) is 11.5. The summed E-state index contributed by atoms with van der Waals surface area (Å²) < 4.78 is 11.8. The van der Waals surface area contributed by atoms with Gasteiger partial charge < -0.3 is 10.5 Å². The van der Waals surface area contributed by atoms with E-state index >= 15 is 0 Å². The first-order valence-electron chi connectivity index (χ1n) is 11.5. The van der Waals surface area contributed by atoms with Crippen LogP contribution in [-0.4, -0.2) is 62.0 Å². The van der Waals surface area contributed by atoms with Crippen LogP contribution in [0.2, 0.25) is 0 Å². The van der Waals surface area contributed by atoms with Crippen molar-refractivity contribution in [1.29, 1.82) is 0 Å². The number of hydrogen-bond donors (Lipinski definition) is 2. The zero-order valence-electron chi connectivity index (χ0n) is 19.2. The molecule has 1 amide bonds. The third-order valence-corrected chi connectivity index (χ3v) is 5.52. The van der Waals surface area contributed by atoms with Crippen LogP contribution >= 0.6 is 0 Å². The van der Waals surface area contributed by atoms with E-state index in [0.717, 1.165) is 50.1 Å². The van der Waals surface area contributed by atoms with Gasteiger partial charge in [-0.3, -0.25) is 9.69 Å². The van der Waals surface area contributed by atoms with Crippen LogP contribution in [0.1, 0.15) is 60.8 Å². The van der Waals surface area contributed by atoms with Crippen molar-refractivity contribution in [2.45, 2.75) is 45.6 Å². The van der Waals surface area contributed by atoms with Gasteiger partial charge in [0.05, 0.1) is 18.5 Å². The van der Waals surface area contributed by atoms with Gasteiger partial charge in [-0.15, -0.1) is 5.10 Å². The van der Waals surface area contributed by atoms with E-state index in [4.69, 9.17) is 15.1 Å². The van der Waals surface area contributed by atoms with Crippen LogP contribution in [-0.2, 0) is 6.54 Å². The average molecular weight is 468 g/mol. The number of nitrogens with two attached hydrogens (primary N) is 1. The fourth-order valence-electron chi connectivity index (χ4n) is 3.66. The maximum Gasteiger partial charge on any atom is 0.293 e. The zero-order chi connectivity index (χ0) is 23.8. The smallest absolute Gasteiger partial charge is 0.293 e.